The van der Waals surface area contributed by atoms with Gasteiger partial charge in [-0.25, -0.2) is 0 Å². The van der Waals surface area contributed by atoms with Gasteiger partial charge in [-0.2, -0.15) is 0 Å². The number of nitrogens with one attached hydrogen (secondary N) is 2. The third-order valence-electron chi connectivity index (χ3n) is 5.32. The molecule has 4 nitrogen and oxygen atoms in total. The van der Waals surface area contributed by atoms with E-state index in [1.54, 1.807) is 0 Å². The minimum Gasteiger partial charge on any atom is -0.492 e. The van der Waals surface area contributed by atoms with E-state index in [9.17, 15) is 0 Å². The first-order chi connectivity index (χ1) is 13.6. The molecule has 0 radical (unpaired) electrons. The Balaban J connectivity index is 1.57. The summed E-state index contributed by atoms with van der Waals surface area (Å²) < 4.78 is 5.65. The second kappa shape index (κ2) is 9.78. The van der Waals surface area contributed by atoms with Crippen LogP contribution >= 0.6 is 12.2 Å². The largest absolute Gasteiger partial charge is 0.492 e. The fourth-order valence-corrected chi connectivity index (χ4v) is 3.82. The van der Waals surface area contributed by atoms with Crippen molar-refractivity contribution in [1.29, 1.82) is 0 Å². The van der Waals surface area contributed by atoms with Crippen molar-refractivity contribution in [3.63, 3.8) is 0 Å². The zero-order chi connectivity index (χ0) is 19.9. The van der Waals surface area contributed by atoms with Crippen LogP contribution in [-0.2, 0) is 0 Å². The quantitative estimate of drug-likeness (QED) is 0.641. The van der Waals surface area contributed by atoms with Crippen LogP contribution in [0.25, 0.3) is 0 Å². The lowest BCUT2D eigenvalue weighted by atomic mass is 9.98. The van der Waals surface area contributed by atoms with E-state index >= 15 is 0 Å². The van der Waals surface area contributed by atoms with Gasteiger partial charge in [-0.3, -0.25) is 0 Å². The lowest BCUT2D eigenvalue weighted by Gasteiger charge is -2.32. The minimum atomic E-state index is 0.120. The van der Waals surface area contributed by atoms with Crippen molar-refractivity contribution in [3.8, 4) is 5.75 Å². The highest BCUT2D eigenvalue weighted by Crippen LogP contribution is 2.26. The highest BCUT2D eigenvalue weighted by Gasteiger charge is 2.16. The van der Waals surface area contributed by atoms with Crippen molar-refractivity contribution in [2.45, 2.75) is 39.7 Å². The fraction of sp³-hybridized carbons (Fsp3) is 0.435. The van der Waals surface area contributed by atoms with Gasteiger partial charge in [0.2, 0.25) is 0 Å². The maximum Gasteiger partial charge on any atom is 0.171 e. The molecule has 1 atom stereocenters. The van der Waals surface area contributed by atoms with Gasteiger partial charge in [0.25, 0.3) is 0 Å². The van der Waals surface area contributed by atoms with Gasteiger partial charge < -0.3 is 20.3 Å². The third-order valence-corrected chi connectivity index (χ3v) is 5.54. The summed E-state index contributed by atoms with van der Waals surface area (Å²) in [5.41, 5.74) is 3.41. The number of hydrogen-bond donors (Lipinski definition) is 2. The lowest BCUT2D eigenvalue weighted by molar-refractivity contribution is 0.342. The molecule has 5 heteroatoms. The molecule has 0 amide bonds. The van der Waals surface area contributed by atoms with Gasteiger partial charge in [0, 0.05) is 18.8 Å². The van der Waals surface area contributed by atoms with Crippen molar-refractivity contribution in [2.75, 3.05) is 29.9 Å². The average molecular weight is 398 g/mol. The number of hydrogen-bond acceptors (Lipinski definition) is 3. The van der Waals surface area contributed by atoms with E-state index in [2.05, 4.69) is 53.6 Å². The van der Waals surface area contributed by atoms with E-state index in [-0.39, 0.29) is 6.04 Å². The van der Waals surface area contributed by atoms with Crippen molar-refractivity contribution in [1.82, 2.24) is 5.32 Å². The Hall–Kier alpha value is -2.27. The second-order valence-electron chi connectivity index (χ2n) is 7.51. The van der Waals surface area contributed by atoms with Crippen LogP contribution < -0.4 is 20.3 Å². The molecule has 0 aliphatic carbocycles. The predicted octanol–water partition coefficient (Wildman–Crippen LogP) is 5.37. The van der Waals surface area contributed by atoms with Gasteiger partial charge in [-0.05, 0) is 74.7 Å². The monoisotopic (exact) mass is 397 g/mol. The summed E-state index contributed by atoms with van der Waals surface area (Å²) in [6, 6.07) is 16.8. The first kappa shape index (κ1) is 20.5. The number of anilines is 2. The van der Waals surface area contributed by atoms with Gasteiger partial charge in [-0.1, -0.05) is 31.2 Å². The molecule has 2 N–H and O–H groups in total. The third kappa shape index (κ3) is 5.38. The summed E-state index contributed by atoms with van der Waals surface area (Å²) in [7, 11) is 0. The van der Waals surface area contributed by atoms with Crippen LogP contribution in [0.15, 0.2) is 48.5 Å². The number of ether oxygens (including phenoxy) is 1. The van der Waals surface area contributed by atoms with Crippen LogP contribution in [0.3, 0.4) is 0 Å². The molecule has 0 saturated carbocycles. The maximum absolute atomic E-state index is 5.65. The number of benzene rings is 2. The van der Waals surface area contributed by atoms with Gasteiger partial charge in [0.1, 0.15) is 5.75 Å². The standard InChI is InChI=1S/C23H31N3OS/c1-4-27-22-8-6-5-7-21(22)25-23(28)24-18(3)19-9-11-20(12-10-19)26-15-13-17(2)14-16-26/h5-12,17-18H,4,13-16H2,1-3H3,(H2,24,25,28)/t18-/m1/s1. The molecule has 1 aliphatic rings. The normalized spacial score (nSPS) is 15.8. The van der Waals surface area contributed by atoms with Crippen molar-refractivity contribution >= 4 is 28.7 Å². The number of thiocarbonyl (C=S) groups is 1. The predicted molar refractivity (Wildman–Crippen MR) is 122 cm³/mol. The fourth-order valence-electron chi connectivity index (χ4n) is 3.53. The van der Waals surface area contributed by atoms with E-state index in [0.717, 1.165) is 30.4 Å². The summed E-state index contributed by atoms with van der Waals surface area (Å²) in [6.45, 7) is 9.38. The Kier molecular flexibility index (Phi) is 7.15. The molecule has 2 aromatic rings. The van der Waals surface area contributed by atoms with E-state index in [4.69, 9.17) is 17.0 Å². The second-order valence-corrected chi connectivity index (χ2v) is 7.92. The minimum absolute atomic E-state index is 0.120. The molecule has 1 saturated heterocycles. The number of para-hydroxylation sites is 2. The van der Waals surface area contributed by atoms with E-state index in [1.165, 1.54) is 24.1 Å². The van der Waals surface area contributed by atoms with Crippen LogP contribution in [0.1, 0.15) is 45.2 Å². The molecule has 0 aromatic heterocycles. The number of nitrogens with zero attached hydrogens (tertiary/aromatic N) is 1. The first-order valence-electron chi connectivity index (χ1n) is 10.2. The van der Waals surface area contributed by atoms with Crippen LogP contribution in [0.5, 0.6) is 5.75 Å². The lowest BCUT2D eigenvalue weighted by Crippen LogP contribution is -2.33. The highest BCUT2D eigenvalue weighted by atomic mass is 32.1. The summed E-state index contributed by atoms with van der Waals surface area (Å²) in [6.07, 6.45) is 2.56. The Morgan fingerprint density at radius 1 is 1.14 bits per heavy atom. The molecule has 0 unspecified atom stereocenters. The zero-order valence-electron chi connectivity index (χ0n) is 17.1. The summed E-state index contributed by atoms with van der Waals surface area (Å²) >= 11 is 5.51. The molecule has 3 rings (SSSR count). The van der Waals surface area contributed by atoms with Crippen LogP contribution in [0, 0.1) is 5.92 Å². The molecule has 0 bridgehead atoms. The summed E-state index contributed by atoms with van der Waals surface area (Å²) in [5.74, 6) is 1.66. The first-order valence-corrected chi connectivity index (χ1v) is 10.6. The molecular formula is C23H31N3OS. The summed E-state index contributed by atoms with van der Waals surface area (Å²) in [4.78, 5) is 2.48. The molecule has 2 aromatic carbocycles. The molecule has 0 spiro atoms. The molecule has 1 aliphatic heterocycles. The van der Waals surface area contributed by atoms with Crippen LogP contribution in [0.2, 0.25) is 0 Å². The van der Waals surface area contributed by atoms with Gasteiger partial charge in [0.15, 0.2) is 5.11 Å². The summed E-state index contributed by atoms with van der Waals surface area (Å²) in [5, 5.41) is 7.21. The number of rotatable bonds is 6. The van der Waals surface area contributed by atoms with Gasteiger partial charge >= 0.3 is 0 Å². The molecular weight excluding hydrogens is 366 g/mol. The zero-order valence-corrected chi connectivity index (χ0v) is 17.9. The van der Waals surface area contributed by atoms with Crippen molar-refractivity contribution in [3.05, 3.63) is 54.1 Å². The Labute approximate surface area is 174 Å². The SMILES string of the molecule is CCOc1ccccc1NC(=S)N[C@H](C)c1ccc(N2CCC(C)CC2)cc1. The van der Waals surface area contributed by atoms with E-state index < -0.39 is 0 Å². The Morgan fingerprint density at radius 2 is 1.82 bits per heavy atom. The molecule has 1 fully saturated rings. The van der Waals surface area contributed by atoms with E-state index in [0.29, 0.717) is 11.7 Å². The molecule has 150 valence electrons. The maximum atomic E-state index is 5.65. The molecule has 28 heavy (non-hydrogen) atoms. The van der Waals surface area contributed by atoms with Gasteiger partial charge in [0.05, 0.1) is 18.3 Å². The topological polar surface area (TPSA) is 36.5 Å². The average Bonchev–Trinajstić information content (AvgIpc) is 2.70. The number of piperidine rings is 1. The van der Waals surface area contributed by atoms with Crippen molar-refractivity contribution < 1.29 is 4.74 Å². The smallest absolute Gasteiger partial charge is 0.171 e. The Bertz CT molecular complexity index is 770. The van der Waals surface area contributed by atoms with Crippen molar-refractivity contribution in [2.24, 2.45) is 5.92 Å². The Morgan fingerprint density at radius 3 is 2.50 bits per heavy atom. The molecule has 1 heterocycles. The highest BCUT2D eigenvalue weighted by molar-refractivity contribution is 7.80. The van der Waals surface area contributed by atoms with Crippen LogP contribution in [0.4, 0.5) is 11.4 Å². The van der Waals surface area contributed by atoms with Gasteiger partial charge in [-0.15, -0.1) is 0 Å². The van der Waals surface area contributed by atoms with E-state index in [1.807, 2.05) is 31.2 Å². The van der Waals surface area contributed by atoms with Crippen LogP contribution in [-0.4, -0.2) is 24.8 Å².